The van der Waals surface area contributed by atoms with Gasteiger partial charge in [0.1, 0.15) is 11.5 Å². The van der Waals surface area contributed by atoms with Crippen molar-refractivity contribution in [3.05, 3.63) is 64.8 Å². The van der Waals surface area contributed by atoms with Gasteiger partial charge < -0.3 is 0 Å². The Labute approximate surface area is 160 Å². The molecular formula is C18H15ClFN3O3S. The Balaban J connectivity index is 2.03. The predicted molar refractivity (Wildman–Crippen MR) is 102 cm³/mol. The van der Waals surface area contributed by atoms with Crippen molar-refractivity contribution in [2.75, 3.05) is 10.5 Å². The van der Waals surface area contributed by atoms with E-state index in [0.717, 1.165) is 12.1 Å². The molecule has 140 valence electrons. The minimum absolute atomic E-state index is 0.0466. The molecule has 9 heteroatoms. The molecule has 3 aromatic rings. The smallest absolute Gasteiger partial charge is 0.232 e. The number of ketones is 1. The zero-order valence-electron chi connectivity index (χ0n) is 14.2. The van der Waals surface area contributed by atoms with E-state index in [9.17, 15) is 17.6 Å². The van der Waals surface area contributed by atoms with Crippen molar-refractivity contribution in [1.29, 1.82) is 0 Å². The third-order valence-electron chi connectivity index (χ3n) is 3.74. The molecule has 3 rings (SSSR count). The number of benzene rings is 1. The number of aromatic nitrogens is 2. The number of carbonyl (C=O) groups excluding carboxylic acids is 1. The van der Waals surface area contributed by atoms with Gasteiger partial charge in [0.05, 0.1) is 28.2 Å². The standard InChI is InChI=1S/C18H15ClFN3O3S/c1-2-6-27(25,26)23-14-9-12(20)8-13(17(14)19)18(24)15-7-11-4-3-5-21-16(11)10-22-15/h3-5,7-10,23H,2,6H2,1H3. The molecule has 1 aromatic carbocycles. The Hall–Kier alpha value is -2.58. The van der Waals surface area contributed by atoms with Crippen LogP contribution in [0.2, 0.25) is 5.02 Å². The van der Waals surface area contributed by atoms with E-state index in [1.807, 2.05) is 0 Å². The molecule has 0 radical (unpaired) electrons. The molecule has 0 spiro atoms. The van der Waals surface area contributed by atoms with E-state index in [4.69, 9.17) is 11.6 Å². The molecule has 0 saturated heterocycles. The molecule has 2 aromatic heterocycles. The van der Waals surface area contributed by atoms with E-state index in [0.29, 0.717) is 17.3 Å². The number of carbonyl (C=O) groups is 1. The van der Waals surface area contributed by atoms with Gasteiger partial charge in [-0.2, -0.15) is 0 Å². The van der Waals surface area contributed by atoms with Gasteiger partial charge in [-0.05, 0) is 30.7 Å². The van der Waals surface area contributed by atoms with Crippen LogP contribution in [0.4, 0.5) is 10.1 Å². The van der Waals surface area contributed by atoms with Gasteiger partial charge in [-0.1, -0.05) is 24.6 Å². The monoisotopic (exact) mass is 407 g/mol. The summed E-state index contributed by atoms with van der Waals surface area (Å²) >= 11 is 6.20. The molecular weight excluding hydrogens is 393 g/mol. The zero-order valence-corrected chi connectivity index (χ0v) is 15.8. The van der Waals surface area contributed by atoms with Gasteiger partial charge in [0.2, 0.25) is 15.8 Å². The summed E-state index contributed by atoms with van der Waals surface area (Å²) in [5.74, 6) is -1.57. The van der Waals surface area contributed by atoms with Crippen molar-refractivity contribution in [1.82, 2.24) is 9.97 Å². The van der Waals surface area contributed by atoms with Crippen LogP contribution in [0.25, 0.3) is 10.9 Å². The molecule has 0 unspecified atom stereocenters. The zero-order chi connectivity index (χ0) is 19.6. The summed E-state index contributed by atoms with van der Waals surface area (Å²) in [6.45, 7) is 1.70. The fourth-order valence-electron chi connectivity index (χ4n) is 2.55. The van der Waals surface area contributed by atoms with E-state index in [1.165, 1.54) is 12.3 Å². The van der Waals surface area contributed by atoms with Crippen LogP contribution in [-0.2, 0) is 10.0 Å². The lowest BCUT2D eigenvalue weighted by molar-refractivity contribution is 0.103. The van der Waals surface area contributed by atoms with E-state index in [1.54, 1.807) is 25.3 Å². The van der Waals surface area contributed by atoms with Gasteiger partial charge in [0, 0.05) is 17.1 Å². The Bertz CT molecular complexity index is 1140. The molecule has 0 aliphatic carbocycles. The molecule has 0 fully saturated rings. The summed E-state index contributed by atoms with van der Waals surface area (Å²) in [5, 5.41) is 0.501. The maximum Gasteiger partial charge on any atom is 0.232 e. The fraction of sp³-hybridized carbons (Fsp3) is 0.167. The first-order valence-electron chi connectivity index (χ1n) is 8.06. The second kappa shape index (κ2) is 7.58. The van der Waals surface area contributed by atoms with E-state index >= 15 is 0 Å². The number of sulfonamides is 1. The first-order valence-corrected chi connectivity index (χ1v) is 10.1. The van der Waals surface area contributed by atoms with E-state index < -0.39 is 21.6 Å². The van der Waals surface area contributed by atoms with Crippen molar-refractivity contribution < 1.29 is 17.6 Å². The van der Waals surface area contributed by atoms with Crippen LogP contribution in [0.15, 0.2) is 42.7 Å². The third kappa shape index (κ3) is 4.23. The summed E-state index contributed by atoms with van der Waals surface area (Å²) in [7, 11) is -3.70. The molecule has 1 N–H and O–H groups in total. The topological polar surface area (TPSA) is 89.0 Å². The second-order valence-corrected chi connectivity index (χ2v) is 8.05. The van der Waals surface area contributed by atoms with Gasteiger partial charge in [-0.3, -0.25) is 19.5 Å². The molecule has 0 atom stereocenters. The highest BCUT2D eigenvalue weighted by atomic mass is 35.5. The molecule has 0 aliphatic heterocycles. The van der Waals surface area contributed by atoms with Crippen LogP contribution >= 0.6 is 11.6 Å². The van der Waals surface area contributed by atoms with Crippen molar-refractivity contribution in [3.63, 3.8) is 0 Å². The highest BCUT2D eigenvalue weighted by Crippen LogP contribution is 2.30. The van der Waals surface area contributed by atoms with Gasteiger partial charge in [0.25, 0.3) is 0 Å². The molecule has 2 heterocycles. The number of rotatable bonds is 6. The highest BCUT2D eigenvalue weighted by Gasteiger charge is 2.21. The van der Waals surface area contributed by atoms with Crippen LogP contribution in [0.3, 0.4) is 0 Å². The van der Waals surface area contributed by atoms with Crippen LogP contribution in [-0.4, -0.2) is 29.9 Å². The molecule has 0 aliphatic rings. The Morgan fingerprint density at radius 3 is 2.78 bits per heavy atom. The van der Waals surface area contributed by atoms with Crippen LogP contribution < -0.4 is 4.72 Å². The van der Waals surface area contributed by atoms with Crippen LogP contribution in [0.1, 0.15) is 29.4 Å². The summed E-state index contributed by atoms with van der Waals surface area (Å²) < 4.78 is 40.2. The summed E-state index contributed by atoms with van der Waals surface area (Å²) in [6, 6.07) is 6.89. The average molecular weight is 408 g/mol. The molecule has 0 bridgehead atoms. The minimum Gasteiger partial charge on any atom is -0.287 e. The molecule has 0 saturated carbocycles. The summed E-state index contributed by atoms with van der Waals surface area (Å²) in [6.07, 6.45) is 3.41. The lowest BCUT2D eigenvalue weighted by Crippen LogP contribution is -2.17. The number of hydrogen-bond donors (Lipinski definition) is 1. The third-order valence-corrected chi connectivity index (χ3v) is 5.63. The van der Waals surface area contributed by atoms with Crippen molar-refractivity contribution in [3.8, 4) is 0 Å². The molecule has 6 nitrogen and oxygen atoms in total. The maximum atomic E-state index is 14.0. The Morgan fingerprint density at radius 2 is 2.04 bits per heavy atom. The number of fused-ring (bicyclic) bond motifs is 1. The van der Waals surface area contributed by atoms with Crippen molar-refractivity contribution in [2.24, 2.45) is 0 Å². The summed E-state index contributed by atoms with van der Waals surface area (Å²) in [4.78, 5) is 21.0. The number of anilines is 1. The van der Waals surface area contributed by atoms with Crippen LogP contribution in [0, 0.1) is 5.82 Å². The SMILES string of the molecule is CCCS(=O)(=O)Nc1cc(F)cc(C(=O)c2cc3cccnc3cn2)c1Cl. The quantitative estimate of drug-likeness (QED) is 0.627. The Morgan fingerprint density at radius 1 is 1.26 bits per heavy atom. The normalized spacial score (nSPS) is 11.5. The number of nitrogens with zero attached hydrogens (tertiary/aromatic N) is 2. The summed E-state index contributed by atoms with van der Waals surface area (Å²) in [5.41, 5.74) is 0.287. The largest absolute Gasteiger partial charge is 0.287 e. The number of pyridine rings is 2. The van der Waals surface area contributed by atoms with Gasteiger partial charge in [0.15, 0.2) is 0 Å². The van der Waals surface area contributed by atoms with E-state index in [-0.39, 0.29) is 27.7 Å². The molecule has 0 amide bonds. The van der Waals surface area contributed by atoms with Gasteiger partial charge >= 0.3 is 0 Å². The lowest BCUT2D eigenvalue weighted by atomic mass is 10.1. The number of nitrogens with one attached hydrogen (secondary N) is 1. The van der Waals surface area contributed by atoms with E-state index in [2.05, 4.69) is 14.7 Å². The first-order chi connectivity index (χ1) is 12.8. The fourth-order valence-corrected chi connectivity index (χ4v) is 3.99. The van der Waals surface area contributed by atoms with Crippen LogP contribution in [0.5, 0.6) is 0 Å². The maximum absolute atomic E-state index is 14.0. The van der Waals surface area contributed by atoms with Crippen molar-refractivity contribution >= 4 is 44.0 Å². The number of halogens is 2. The molecule has 27 heavy (non-hydrogen) atoms. The minimum atomic E-state index is -3.70. The van der Waals surface area contributed by atoms with Gasteiger partial charge in [-0.15, -0.1) is 0 Å². The second-order valence-electron chi connectivity index (χ2n) is 5.83. The highest BCUT2D eigenvalue weighted by molar-refractivity contribution is 7.92. The van der Waals surface area contributed by atoms with Gasteiger partial charge in [-0.25, -0.2) is 12.8 Å². The predicted octanol–water partition coefficient (Wildman–Crippen LogP) is 3.81. The number of hydrogen-bond acceptors (Lipinski definition) is 5. The first kappa shape index (κ1) is 19.2. The Kier molecular flexibility index (Phi) is 5.38. The van der Waals surface area contributed by atoms with Crippen molar-refractivity contribution in [2.45, 2.75) is 13.3 Å². The lowest BCUT2D eigenvalue weighted by Gasteiger charge is -2.12. The average Bonchev–Trinajstić information content (AvgIpc) is 2.63.